The number of carbonyl (C=O) groups is 1. The molecule has 7 nitrogen and oxygen atoms in total. The summed E-state index contributed by atoms with van der Waals surface area (Å²) in [6, 6.07) is 14.6. The van der Waals surface area contributed by atoms with Crippen LogP contribution in [0.2, 0.25) is 0 Å². The number of carbonyl (C=O) groups excluding carboxylic acids is 1. The smallest absolute Gasteiger partial charge is 0.275 e. The summed E-state index contributed by atoms with van der Waals surface area (Å²) in [7, 11) is 0. The second kappa shape index (κ2) is 7.26. The highest BCUT2D eigenvalue weighted by atomic mass is 16.2. The third-order valence-corrected chi connectivity index (χ3v) is 4.74. The average Bonchev–Trinajstić information content (AvgIpc) is 3.12. The molecule has 1 unspecified atom stereocenters. The Morgan fingerprint density at radius 1 is 1.14 bits per heavy atom. The molecule has 0 aliphatic carbocycles. The Labute approximate surface area is 161 Å². The lowest BCUT2D eigenvalue weighted by atomic mass is 10.0. The van der Waals surface area contributed by atoms with Crippen molar-refractivity contribution in [3.05, 3.63) is 70.9 Å². The summed E-state index contributed by atoms with van der Waals surface area (Å²) >= 11 is 0. The molecule has 4 aromatic rings. The molecular formula is C21H21N5O2. The molecule has 28 heavy (non-hydrogen) atoms. The molecule has 2 heterocycles. The van der Waals surface area contributed by atoms with Crippen molar-refractivity contribution in [3.63, 3.8) is 0 Å². The van der Waals surface area contributed by atoms with Crippen molar-refractivity contribution >= 4 is 27.7 Å². The van der Waals surface area contributed by atoms with Crippen molar-refractivity contribution < 1.29 is 4.79 Å². The lowest BCUT2D eigenvalue weighted by molar-refractivity contribution is -0.123. The van der Waals surface area contributed by atoms with Crippen LogP contribution in [0.3, 0.4) is 0 Å². The standard InChI is InChI=1S/C21H21N5O2/c1-13(2)19(20-23-16-9-5-6-10-17(16)24-20)25-18(27)12-26-21(28)15-8-4-3-7-14(15)11-22-26/h3-11,13,19H,12H2,1-2H3,(H,23,24)(H,25,27). The van der Waals surface area contributed by atoms with Gasteiger partial charge in [-0.2, -0.15) is 5.10 Å². The molecule has 2 aromatic heterocycles. The number of hydrogen-bond acceptors (Lipinski definition) is 4. The van der Waals surface area contributed by atoms with E-state index >= 15 is 0 Å². The second-order valence-corrected chi connectivity index (χ2v) is 7.12. The number of fused-ring (bicyclic) bond motifs is 2. The summed E-state index contributed by atoms with van der Waals surface area (Å²) < 4.78 is 1.19. The van der Waals surface area contributed by atoms with Crippen LogP contribution in [0.4, 0.5) is 0 Å². The van der Waals surface area contributed by atoms with E-state index in [0.717, 1.165) is 16.4 Å². The van der Waals surface area contributed by atoms with Crippen LogP contribution in [0, 0.1) is 5.92 Å². The molecule has 0 aliphatic rings. The van der Waals surface area contributed by atoms with Gasteiger partial charge in [-0.3, -0.25) is 9.59 Å². The van der Waals surface area contributed by atoms with Gasteiger partial charge in [-0.05, 0) is 24.1 Å². The first-order valence-electron chi connectivity index (χ1n) is 9.22. The van der Waals surface area contributed by atoms with E-state index in [1.807, 2.05) is 50.2 Å². The van der Waals surface area contributed by atoms with Gasteiger partial charge in [0.1, 0.15) is 12.4 Å². The van der Waals surface area contributed by atoms with Crippen molar-refractivity contribution in [2.75, 3.05) is 0 Å². The van der Waals surface area contributed by atoms with Crippen LogP contribution in [0.25, 0.3) is 21.8 Å². The summed E-state index contributed by atoms with van der Waals surface area (Å²) in [5.74, 6) is 0.526. The van der Waals surface area contributed by atoms with Crippen molar-refractivity contribution in [1.82, 2.24) is 25.1 Å². The molecular weight excluding hydrogens is 354 g/mol. The number of H-pyrrole nitrogens is 1. The van der Waals surface area contributed by atoms with Crippen LogP contribution in [0.1, 0.15) is 25.7 Å². The van der Waals surface area contributed by atoms with E-state index in [9.17, 15) is 9.59 Å². The zero-order valence-electron chi connectivity index (χ0n) is 15.7. The number of rotatable bonds is 5. The number of aromatic nitrogens is 4. The highest BCUT2D eigenvalue weighted by Gasteiger charge is 2.22. The molecule has 0 spiro atoms. The predicted molar refractivity (Wildman–Crippen MR) is 108 cm³/mol. The molecule has 1 amide bonds. The molecule has 0 saturated heterocycles. The molecule has 0 bridgehead atoms. The zero-order valence-corrected chi connectivity index (χ0v) is 15.7. The first-order valence-corrected chi connectivity index (χ1v) is 9.22. The summed E-state index contributed by atoms with van der Waals surface area (Å²) in [5, 5.41) is 8.41. The summed E-state index contributed by atoms with van der Waals surface area (Å²) in [6.45, 7) is 3.88. The van der Waals surface area contributed by atoms with Gasteiger partial charge in [-0.15, -0.1) is 0 Å². The van der Waals surface area contributed by atoms with Gasteiger partial charge in [0.25, 0.3) is 5.56 Å². The molecule has 1 atom stereocenters. The fraction of sp³-hybridized carbons (Fsp3) is 0.238. The second-order valence-electron chi connectivity index (χ2n) is 7.12. The molecule has 142 valence electrons. The van der Waals surface area contributed by atoms with E-state index in [1.54, 1.807) is 18.3 Å². The number of benzene rings is 2. The van der Waals surface area contributed by atoms with Gasteiger partial charge in [0.05, 0.1) is 28.7 Å². The molecule has 0 fully saturated rings. The zero-order chi connectivity index (χ0) is 19.7. The Hall–Kier alpha value is -3.48. The monoisotopic (exact) mass is 375 g/mol. The van der Waals surface area contributed by atoms with E-state index in [1.165, 1.54) is 4.68 Å². The van der Waals surface area contributed by atoms with E-state index in [2.05, 4.69) is 20.4 Å². The van der Waals surface area contributed by atoms with E-state index < -0.39 is 0 Å². The lowest BCUT2D eigenvalue weighted by Gasteiger charge is -2.20. The number of nitrogens with one attached hydrogen (secondary N) is 2. The quantitative estimate of drug-likeness (QED) is 0.561. The van der Waals surface area contributed by atoms with E-state index in [0.29, 0.717) is 11.2 Å². The minimum absolute atomic E-state index is 0.116. The van der Waals surface area contributed by atoms with Gasteiger partial charge >= 0.3 is 0 Å². The molecule has 0 saturated carbocycles. The maximum absolute atomic E-state index is 12.7. The molecule has 4 rings (SSSR count). The van der Waals surface area contributed by atoms with Crippen LogP contribution in [-0.4, -0.2) is 25.7 Å². The molecule has 2 N–H and O–H groups in total. The average molecular weight is 375 g/mol. The normalized spacial score (nSPS) is 12.5. The highest BCUT2D eigenvalue weighted by Crippen LogP contribution is 2.22. The summed E-state index contributed by atoms with van der Waals surface area (Å²) in [6.07, 6.45) is 1.60. The summed E-state index contributed by atoms with van der Waals surface area (Å²) in [4.78, 5) is 33.1. The number of hydrogen-bond donors (Lipinski definition) is 2. The van der Waals surface area contributed by atoms with Crippen LogP contribution in [0.15, 0.2) is 59.5 Å². The van der Waals surface area contributed by atoms with Gasteiger partial charge in [-0.1, -0.05) is 44.2 Å². The SMILES string of the molecule is CC(C)C(NC(=O)Cn1ncc2ccccc2c1=O)c1nc2ccccc2[nH]1. The largest absolute Gasteiger partial charge is 0.344 e. The van der Waals surface area contributed by atoms with E-state index in [-0.39, 0.29) is 30.0 Å². The Morgan fingerprint density at radius 2 is 1.89 bits per heavy atom. The molecule has 2 aromatic carbocycles. The molecule has 0 aliphatic heterocycles. The van der Waals surface area contributed by atoms with Gasteiger partial charge in [0.15, 0.2) is 0 Å². The Bertz CT molecular complexity index is 1180. The van der Waals surface area contributed by atoms with Gasteiger partial charge < -0.3 is 10.3 Å². The lowest BCUT2D eigenvalue weighted by Crippen LogP contribution is -2.37. The fourth-order valence-electron chi connectivity index (χ4n) is 3.27. The number of aromatic amines is 1. The Kier molecular flexibility index (Phi) is 4.65. The summed E-state index contributed by atoms with van der Waals surface area (Å²) in [5.41, 5.74) is 1.49. The van der Waals surface area contributed by atoms with Crippen LogP contribution >= 0.6 is 0 Å². The number of para-hydroxylation sites is 2. The topological polar surface area (TPSA) is 92.7 Å². The van der Waals surface area contributed by atoms with Crippen LogP contribution in [-0.2, 0) is 11.3 Å². The first-order chi connectivity index (χ1) is 13.5. The van der Waals surface area contributed by atoms with Crippen LogP contribution < -0.4 is 10.9 Å². The molecule has 7 heteroatoms. The predicted octanol–water partition coefficient (Wildman–Crippen LogP) is 2.79. The maximum atomic E-state index is 12.7. The highest BCUT2D eigenvalue weighted by molar-refractivity contribution is 5.81. The molecule has 0 radical (unpaired) electrons. The van der Waals surface area contributed by atoms with Crippen molar-refractivity contribution in [2.45, 2.75) is 26.4 Å². The minimum atomic E-state index is -0.295. The van der Waals surface area contributed by atoms with Gasteiger partial charge in [-0.25, -0.2) is 9.67 Å². The van der Waals surface area contributed by atoms with Crippen molar-refractivity contribution in [1.29, 1.82) is 0 Å². The number of nitrogens with zero attached hydrogens (tertiary/aromatic N) is 3. The minimum Gasteiger partial charge on any atom is -0.344 e. The Balaban J connectivity index is 1.57. The van der Waals surface area contributed by atoms with Gasteiger partial charge in [0.2, 0.25) is 5.91 Å². The third kappa shape index (κ3) is 3.38. The van der Waals surface area contributed by atoms with Crippen molar-refractivity contribution in [3.8, 4) is 0 Å². The number of imidazole rings is 1. The van der Waals surface area contributed by atoms with Crippen LogP contribution in [0.5, 0.6) is 0 Å². The Morgan fingerprint density at radius 3 is 2.68 bits per heavy atom. The fourth-order valence-corrected chi connectivity index (χ4v) is 3.27. The van der Waals surface area contributed by atoms with E-state index in [4.69, 9.17) is 0 Å². The third-order valence-electron chi connectivity index (χ3n) is 4.74. The number of amides is 1. The first kappa shape index (κ1) is 17.9. The van der Waals surface area contributed by atoms with Gasteiger partial charge in [0, 0.05) is 5.39 Å². The van der Waals surface area contributed by atoms with Crippen molar-refractivity contribution in [2.24, 2.45) is 5.92 Å². The maximum Gasteiger partial charge on any atom is 0.275 e.